The van der Waals surface area contributed by atoms with Crippen LogP contribution in [0.25, 0.3) is 89.2 Å². The van der Waals surface area contributed by atoms with Crippen LogP contribution in [-0.2, 0) is 5.41 Å². The molecule has 0 N–H and O–H groups in total. The number of hydrogen-bond acceptors (Lipinski definition) is 2. The van der Waals surface area contributed by atoms with Crippen LogP contribution in [0.4, 0.5) is 0 Å². The van der Waals surface area contributed by atoms with E-state index in [1.807, 2.05) is 0 Å². The standard InChI is InChI=1S/C63H42N2/c1-5-19-43(20-6-1)47-24-17-26-50(39-47)59-42-58(64-62(65-59)51-27-18-25-48(40-51)44-21-7-2-8-22-44)46-37-35-45(36-38-46)56-41-49-23-13-14-32-54(49)61-60(56)55-33-15-16-34-57(55)63(61,52-28-9-3-10-29-52)53-30-11-4-12-31-53/h1-42H. The van der Waals surface area contributed by atoms with Crippen molar-refractivity contribution in [2.24, 2.45) is 0 Å². The molecular formula is C63H42N2. The number of rotatable bonds is 8. The second-order valence-corrected chi connectivity index (χ2v) is 16.9. The fourth-order valence-corrected chi connectivity index (χ4v) is 10.2. The number of aromatic nitrogens is 2. The fourth-order valence-electron chi connectivity index (χ4n) is 10.2. The summed E-state index contributed by atoms with van der Waals surface area (Å²) in [6.07, 6.45) is 0. The molecule has 0 unspecified atom stereocenters. The molecule has 304 valence electrons. The third-order valence-corrected chi connectivity index (χ3v) is 13.1. The Morgan fingerprint density at radius 1 is 0.292 bits per heavy atom. The first kappa shape index (κ1) is 38.2. The van der Waals surface area contributed by atoms with E-state index in [1.165, 1.54) is 55.3 Å². The molecule has 0 spiro atoms. The van der Waals surface area contributed by atoms with E-state index in [9.17, 15) is 0 Å². The number of nitrogens with zero attached hydrogens (tertiary/aromatic N) is 2. The van der Waals surface area contributed by atoms with Crippen LogP contribution in [-0.4, -0.2) is 9.97 Å². The van der Waals surface area contributed by atoms with Crippen molar-refractivity contribution >= 4 is 10.8 Å². The molecule has 11 aromatic rings. The molecule has 65 heavy (non-hydrogen) atoms. The fraction of sp³-hybridized carbons (Fsp3) is 0.0159. The van der Waals surface area contributed by atoms with Crippen LogP contribution < -0.4 is 0 Å². The number of fused-ring (bicyclic) bond motifs is 5. The summed E-state index contributed by atoms with van der Waals surface area (Å²) in [6, 6.07) is 91.9. The van der Waals surface area contributed by atoms with Crippen molar-refractivity contribution in [1.29, 1.82) is 0 Å². The predicted molar refractivity (Wildman–Crippen MR) is 269 cm³/mol. The van der Waals surface area contributed by atoms with Crippen LogP contribution in [0.5, 0.6) is 0 Å². The molecule has 1 aromatic heterocycles. The summed E-state index contributed by atoms with van der Waals surface area (Å²) in [6.45, 7) is 0. The van der Waals surface area contributed by atoms with Gasteiger partial charge in [-0.2, -0.15) is 0 Å². The van der Waals surface area contributed by atoms with Crippen molar-refractivity contribution in [3.8, 4) is 78.4 Å². The smallest absolute Gasteiger partial charge is 0.160 e. The van der Waals surface area contributed by atoms with Gasteiger partial charge in [-0.1, -0.05) is 231 Å². The number of hydrogen-bond donors (Lipinski definition) is 0. The minimum absolute atomic E-state index is 0.520. The zero-order valence-corrected chi connectivity index (χ0v) is 35.6. The van der Waals surface area contributed by atoms with E-state index in [4.69, 9.17) is 9.97 Å². The van der Waals surface area contributed by atoms with Crippen molar-refractivity contribution in [2.45, 2.75) is 5.41 Å². The van der Waals surface area contributed by atoms with Gasteiger partial charge in [-0.15, -0.1) is 0 Å². The Hall–Kier alpha value is -8.46. The molecule has 2 nitrogen and oxygen atoms in total. The lowest BCUT2D eigenvalue weighted by atomic mass is 9.66. The van der Waals surface area contributed by atoms with Gasteiger partial charge in [-0.25, -0.2) is 9.97 Å². The van der Waals surface area contributed by atoms with E-state index in [0.29, 0.717) is 5.82 Å². The monoisotopic (exact) mass is 826 g/mol. The van der Waals surface area contributed by atoms with Crippen LogP contribution >= 0.6 is 0 Å². The average Bonchev–Trinajstić information content (AvgIpc) is 3.72. The maximum absolute atomic E-state index is 5.32. The quantitative estimate of drug-likeness (QED) is 0.152. The molecular weight excluding hydrogens is 785 g/mol. The summed E-state index contributed by atoms with van der Waals surface area (Å²) < 4.78 is 0. The lowest BCUT2D eigenvalue weighted by Gasteiger charge is -2.35. The summed E-state index contributed by atoms with van der Waals surface area (Å²) in [5, 5.41) is 2.48. The molecule has 0 fully saturated rings. The van der Waals surface area contributed by atoms with Crippen molar-refractivity contribution < 1.29 is 0 Å². The SMILES string of the molecule is c1ccc(-c2cccc(-c3cc(-c4ccc(-c5cc6ccccc6c6c5-c5ccccc5C6(c5ccccc5)c5ccccc5)cc4)nc(-c4cccc(-c5ccccc5)c4)n3)c2)cc1. The predicted octanol–water partition coefficient (Wildman–Crippen LogP) is 16.0. The zero-order valence-electron chi connectivity index (χ0n) is 35.6. The molecule has 0 atom stereocenters. The van der Waals surface area contributed by atoms with Gasteiger partial charge in [0, 0.05) is 16.7 Å². The highest BCUT2D eigenvalue weighted by Crippen LogP contribution is 2.60. The third kappa shape index (κ3) is 6.58. The Kier molecular flexibility index (Phi) is 9.43. The van der Waals surface area contributed by atoms with Crippen molar-refractivity contribution in [1.82, 2.24) is 9.97 Å². The minimum atomic E-state index is -0.520. The van der Waals surface area contributed by atoms with Gasteiger partial charge in [0.1, 0.15) is 0 Å². The molecule has 0 amide bonds. The molecule has 1 heterocycles. The molecule has 10 aromatic carbocycles. The first-order valence-electron chi connectivity index (χ1n) is 22.3. The highest BCUT2D eigenvalue weighted by atomic mass is 14.9. The van der Waals surface area contributed by atoms with Crippen LogP contribution in [0.1, 0.15) is 22.3 Å². The van der Waals surface area contributed by atoms with E-state index >= 15 is 0 Å². The molecule has 1 aliphatic carbocycles. The Balaban J connectivity index is 1.04. The second-order valence-electron chi connectivity index (χ2n) is 16.9. The second kappa shape index (κ2) is 16.0. The Labute approximate surface area is 379 Å². The van der Waals surface area contributed by atoms with Crippen LogP contribution in [0.2, 0.25) is 0 Å². The van der Waals surface area contributed by atoms with E-state index in [1.54, 1.807) is 0 Å². The van der Waals surface area contributed by atoms with Crippen molar-refractivity contribution in [3.63, 3.8) is 0 Å². The largest absolute Gasteiger partial charge is 0.228 e. The Morgan fingerprint density at radius 2 is 0.769 bits per heavy atom. The van der Waals surface area contributed by atoms with Gasteiger partial charge in [0.25, 0.3) is 0 Å². The molecule has 0 saturated carbocycles. The molecule has 1 aliphatic rings. The molecule has 0 radical (unpaired) electrons. The molecule has 12 rings (SSSR count). The van der Waals surface area contributed by atoms with Gasteiger partial charge in [-0.3, -0.25) is 0 Å². The molecule has 0 bridgehead atoms. The highest BCUT2D eigenvalue weighted by Gasteiger charge is 2.48. The van der Waals surface area contributed by atoms with Crippen LogP contribution in [0.15, 0.2) is 255 Å². The van der Waals surface area contributed by atoms with E-state index in [-0.39, 0.29) is 0 Å². The van der Waals surface area contributed by atoms with E-state index in [2.05, 4.69) is 255 Å². The highest BCUT2D eigenvalue weighted by molar-refractivity contribution is 6.06. The Morgan fingerprint density at radius 3 is 1.42 bits per heavy atom. The van der Waals surface area contributed by atoms with Gasteiger partial charge in [0.2, 0.25) is 0 Å². The van der Waals surface area contributed by atoms with Gasteiger partial charge < -0.3 is 0 Å². The van der Waals surface area contributed by atoms with Crippen LogP contribution in [0, 0.1) is 0 Å². The summed E-state index contributed by atoms with van der Waals surface area (Å²) in [5.74, 6) is 0.687. The maximum atomic E-state index is 5.32. The van der Waals surface area contributed by atoms with Gasteiger partial charge in [0.05, 0.1) is 16.8 Å². The van der Waals surface area contributed by atoms with Gasteiger partial charge in [-0.05, 0) is 102 Å². The number of benzene rings is 10. The average molecular weight is 827 g/mol. The minimum Gasteiger partial charge on any atom is -0.228 e. The van der Waals surface area contributed by atoms with Crippen molar-refractivity contribution in [2.75, 3.05) is 0 Å². The molecule has 0 saturated heterocycles. The molecule has 0 aliphatic heterocycles. The van der Waals surface area contributed by atoms with Gasteiger partial charge in [0.15, 0.2) is 5.82 Å². The lowest BCUT2D eigenvalue weighted by molar-refractivity contribution is 0.775. The third-order valence-electron chi connectivity index (χ3n) is 13.1. The van der Waals surface area contributed by atoms with Crippen LogP contribution in [0.3, 0.4) is 0 Å². The summed E-state index contributed by atoms with van der Waals surface area (Å²) in [5.41, 5.74) is 18.9. The summed E-state index contributed by atoms with van der Waals surface area (Å²) >= 11 is 0. The zero-order chi connectivity index (χ0) is 43.2. The lowest BCUT2D eigenvalue weighted by Crippen LogP contribution is -2.28. The summed E-state index contributed by atoms with van der Waals surface area (Å²) in [4.78, 5) is 10.6. The Bertz CT molecular complexity index is 3370. The maximum Gasteiger partial charge on any atom is 0.160 e. The van der Waals surface area contributed by atoms with E-state index < -0.39 is 5.41 Å². The normalized spacial score (nSPS) is 12.4. The summed E-state index contributed by atoms with van der Waals surface area (Å²) in [7, 11) is 0. The van der Waals surface area contributed by atoms with Gasteiger partial charge >= 0.3 is 0 Å². The first-order valence-corrected chi connectivity index (χ1v) is 22.3. The molecule has 2 heteroatoms. The first-order chi connectivity index (χ1) is 32.2. The van der Waals surface area contributed by atoms with Crippen molar-refractivity contribution in [3.05, 3.63) is 277 Å². The van der Waals surface area contributed by atoms with E-state index in [0.717, 1.165) is 50.3 Å². The topological polar surface area (TPSA) is 25.8 Å².